The largest absolute Gasteiger partial charge is 0.453 e. The van der Waals surface area contributed by atoms with Crippen molar-refractivity contribution in [2.75, 3.05) is 18.0 Å². The molecule has 25 heavy (non-hydrogen) atoms. The van der Waals surface area contributed by atoms with Gasteiger partial charge in [-0.05, 0) is 18.9 Å². The molecule has 2 N–H and O–H groups in total. The van der Waals surface area contributed by atoms with Crippen LogP contribution in [0.5, 0.6) is 0 Å². The zero-order valence-electron chi connectivity index (χ0n) is 13.0. The van der Waals surface area contributed by atoms with Gasteiger partial charge in [0, 0.05) is 37.1 Å². The Balaban J connectivity index is 1.55. The lowest BCUT2D eigenvalue weighted by atomic mass is 9.85. The van der Waals surface area contributed by atoms with Crippen LogP contribution in [0.2, 0.25) is 0 Å². The summed E-state index contributed by atoms with van der Waals surface area (Å²) in [6.07, 6.45) is -0.401. The average Bonchev–Trinajstić information content (AvgIpc) is 3.16. The molecule has 10 heteroatoms. The third-order valence-electron chi connectivity index (χ3n) is 4.56. The molecule has 0 atom stereocenters. The van der Waals surface area contributed by atoms with E-state index in [4.69, 9.17) is 0 Å². The van der Waals surface area contributed by atoms with Crippen molar-refractivity contribution in [3.8, 4) is 0 Å². The molecule has 7 nitrogen and oxygen atoms in total. The molecule has 3 aromatic heterocycles. The van der Waals surface area contributed by atoms with Crippen molar-refractivity contribution in [2.45, 2.75) is 24.6 Å². The minimum atomic E-state index is -4.58. The number of pyridine rings is 1. The SMILES string of the molecule is OC1(c2cccnc2)CCN(c2cc3nnc(C(F)(F)F)n3[nH]2)CC1. The number of anilines is 1. The van der Waals surface area contributed by atoms with Crippen LogP contribution in [0, 0.1) is 0 Å². The molecule has 1 saturated heterocycles. The number of aromatic amines is 1. The van der Waals surface area contributed by atoms with Gasteiger partial charge in [0.2, 0.25) is 0 Å². The highest BCUT2D eigenvalue weighted by atomic mass is 19.4. The fourth-order valence-corrected chi connectivity index (χ4v) is 3.16. The van der Waals surface area contributed by atoms with Gasteiger partial charge in [-0.25, -0.2) is 4.52 Å². The van der Waals surface area contributed by atoms with Crippen molar-refractivity contribution in [2.24, 2.45) is 0 Å². The highest BCUT2D eigenvalue weighted by molar-refractivity contribution is 5.52. The molecule has 3 aromatic rings. The number of fused-ring (bicyclic) bond motifs is 1. The number of H-pyrrole nitrogens is 1. The zero-order valence-corrected chi connectivity index (χ0v) is 13.0. The van der Waals surface area contributed by atoms with Crippen LogP contribution in [0.25, 0.3) is 5.65 Å². The Labute approximate surface area is 140 Å². The first-order chi connectivity index (χ1) is 11.9. The third-order valence-corrected chi connectivity index (χ3v) is 4.56. The molecule has 0 bridgehead atoms. The number of rotatable bonds is 2. The number of halogens is 3. The predicted octanol–water partition coefficient (Wildman–Crippen LogP) is 1.96. The minimum Gasteiger partial charge on any atom is -0.385 e. The summed E-state index contributed by atoms with van der Waals surface area (Å²) in [6.45, 7) is 0.980. The smallest absolute Gasteiger partial charge is 0.385 e. The van der Waals surface area contributed by atoms with Crippen molar-refractivity contribution >= 4 is 11.5 Å². The molecule has 1 fully saturated rings. The van der Waals surface area contributed by atoms with Crippen LogP contribution in [0.4, 0.5) is 19.0 Å². The predicted molar refractivity (Wildman–Crippen MR) is 81.9 cm³/mol. The van der Waals surface area contributed by atoms with Crippen molar-refractivity contribution in [3.05, 3.63) is 42.0 Å². The van der Waals surface area contributed by atoms with Gasteiger partial charge in [0.25, 0.3) is 5.82 Å². The number of hydrogen-bond acceptors (Lipinski definition) is 5. The molecule has 1 aliphatic heterocycles. The normalized spacial score (nSPS) is 18.0. The Morgan fingerprint density at radius 1 is 1.20 bits per heavy atom. The third kappa shape index (κ3) is 2.72. The summed E-state index contributed by atoms with van der Waals surface area (Å²) in [5.41, 5.74) is -0.120. The average molecular weight is 352 g/mol. The molecule has 0 aliphatic carbocycles. The van der Waals surface area contributed by atoms with Crippen LogP contribution in [0.15, 0.2) is 30.6 Å². The summed E-state index contributed by atoms with van der Waals surface area (Å²) >= 11 is 0. The van der Waals surface area contributed by atoms with E-state index in [1.807, 2.05) is 11.0 Å². The molecule has 0 aromatic carbocycles. The van der Waals surface area contributed by atoms with Crippen molar-refractivity contribution < 1.29 is 18.3 Å². The first-order valence-corrected chi connectivity index (χ1v) is 7.76. The Bertz CT molecular complexity index is 880. The first kappa shape index (κ1) is 15.9. The van der Waals surface area contributed by atoms with E-state index in [9.17, 15) is 18.3 Å². The van der Waals surface area contributed by atoms with E-state index in [0.717, 1.165) is 10.1 Å². The topological polar surface area (TPSA) is 82.3 Å². The van der Waals surface area contributed by atoms with Gasteiger partial charge in [-0.2, -0.15) is 13.2 Å². The second-order valence-electron chi connectivity index (χ2n) is 6.12. The summed E-state index contributed by atoms with van der Waals surface area (Å²) in [6, 6.07) is 5.12. The number of nitrogens with one attached hydrogen (secondary N) is 1. The highest BCUT2D eigenvalue weighted by Crippen LogP contribution is 2.34. The van der Waals surface area contributed by atoms with E-state index in [-0.39, 0.29) is 5.65 Å². The van der Waals surface area contributed by atoms with Crippen LogP contribution in [0.1, 0.15) is 24.2 Å². The Morgan fingerprint density at radius 3 is 2.60 bits per heavy atom. The van der Waals surface area contributed by atoms with Gasteiger partial charge in [0.05, 0.1) is 5.60 Å². The number of aromatic nitrogens is 5. The second-order valence-corrected chi connectivity index (χ2v) is 6.12. The minimum absolute atomic E-state index is 0.107. The summed E-state index contributed by atoms with van der Waals surface area (Å²) < 4.78 is 39.5. The standard InChI is InChI=1S/C15H15F3N6O/c16-15(17,18)13-21-20-11-8-12(22-24(11)13)23-6-3-14(25,4-7-23)10-2-1-5-19-9-10/h1-2,5,8-9,22,25H,3-4,6-7H2. The van der Waals surface area contributed by atoms with Gasteiger partial charge >= 0.3 is 6.18 Å². The van der Waals surface area contributed by atoms with Gasteiger partial charge in [0.1, 0.15) is 5.82 Å². The fraction of sp³-hybridized carbons (Fsp3) is 0.400. The van der Waals surface area contributed by atoms with E-state index < -0.39 is 17.6 Å². The van der Waals surface area contributed by atoms with Gasteiger partial charge in [0.15, 0.2) is 5.65 Å². The molecule has 4 rings (SSSR count). The fourth-order valence-electron chi connectivity index (χ4n) is 3.16. The van der Waals surface area contributed by atoms with Gasteiger partial charge in [-0.15, -0.1) is 10.2 Å². The zero-order chi connectivity index (χ0) is 17.7. The molecule has 0 unspecified atom stereocenters. The number of nitrogens with zero attached hydrogens (tertiary/aromatic N) is 5. The molecule has 0 spiro atoms. The van der Waals surface area contributed by atoms with E-state index >= 15 is 0 Å². The van der Waals surface area contributed by atoms with E-state index in [1.54, 1.807) is 18.5 Å². The molecular formula is C15H15F3N6O. The maximum absolute atomic E-state index is 12.9. The lowest BCUT2D eigenvalue weighted by Gasteiger charge is -2.38. The quantitative estimate of drug-likeness (QED) is 0.737. The molecule has 0 radical (unpaired) electrons. The van der Waals surface area contributed by atoms with Gasteiger partial charge < -0.3 is 10.0 Å². The van der Waals surface area contributed by atoms with Crippen molar-refractivity contribution in [1.29, 1.82) is 0 Å². The summed E-state index contributed by atoms with van der Waals surface area (Å²) in [5, 5.41) is 20.2. The second kappa shape index (κ2) is 5.45. The maximum Gasteiger partial charge on any atom is 0.453 e. The Hall–Kier alpha value is -2.62. The van der Waals surface area contributed by atoms with Gasteiger partial charge in [-0.3, -0.25) is 10.1 Å². The van der Waals surface area contributed by atoms with Crippen LogP contribution in [-0.4, -0.2) is 43.0 Å². The molecule has 1 aliphatic rings. The van der Waals surface area contributed by atoms with Crippen LogP contribution >= 0.6 is 0 Å². The summed E-state index contributed by atoms with van der Waals surface area (Å²) in [7, 11) is 0. The number of hydrogen-bond donors (Lipinski definition) is 2. The van der Waals surface area contributed by atoms with Crippen molar-refractivity contribution in [3.63, 3.8) is 0 Å². The maximum atomic E-state index is 12.9. The number of alkyl halides is 3. The van der Waals surface area contributed by atoms with Crippen LogP contribution < -0.4 is 4.90 Å². The summed E-state index contributed by atoms with van der Waals surface area (Å²) in [5.74, 6) is -0.568. The Kier molecular flexibility index (Phi) is 3.46. The highest BCUT2D eigenvalue weighted by Gasteiger charge is 2.38. The van der Waals surface area contributed by atoms with Crippen molar-refractivity contribution in [1.82, 2.24) is 24.8 Å². The molecule has 0 amide bonds. The van der Waals surface area contributed by atoms with E-state index in [2.05, 4.69) is 20.3 Å². The lowest BCUT2D eigenvalue weighted by Crippen LogP contribution is -2.42. The molecule has 4 heterocycles. The van der Waals surface area contributed by atoms with Crippen LogP contribution in [-0.2, 0) is 11.8 Å². The first-order valence-electron chi connectivity index (χ1n) is 7.76. The van der Waals surface area contributed by atoms with Gasteiger partial charge in [-0.1, -0.05) is 6.07 Å². The Morgan fingerprint density at radius 2 is 1.96 bits per heavy atom. The molecular weight excluding hydrogens is 337 g/mol. The number of piperidine rings is 1. The number of aliphatic hydroxyl groups is 1. The lowest BCUT2D eigenvalue weighted by molar-refractivity contribution is -0.146. The monoisotopic (exact) mass is 352 g/mol. The van der Waals surface area contributed by atoms with E-state index in [1.165, 1.54) is 6.07 Å². The van der Waals surface area contributed by atoms with E-state index in [0.29, 0.717) is 31.7 Å². The molecule has 0 saturated carbocycles. The van der Waals surface area contributed by atoms with Crippen LogP contribution in [0.3, 0.4) is 0 Å². The summed E-state index contributed by atoms with van der Waals surface area (Å²) in [4.78, 5) is 5.92. The molecule has 132 valence electrons.